The second-order valence-corrected chi connectivity index (χ2v) is 4.67. The zero-order valence-electron chi connectivity index (χ0n) is 11.4. The Morgan fingerprint density at radius 1 is 1.14 bits per heavy atom. The number of hydrogen-bond donors (Lipinski definition) is 2. The Bertz CT molecular complexity index is 842. The number of rotatable bonds is 2. The minimum Gasteiger partial charge on any atom is -0.493 e. The van der Waals surface area contributed by atoms with Crippen molar-refractivity contribution in [2.45, 2.75) is 6.92 Å². The Kier molecular flexibility index (Phi) is 3.23. The maximum absolute atomic E-state index is 12.3. The van der Waals surface area contributed by atoms with Crippen LogP contribution >= 0.6 is 0 Å². The fourth-order valence-corrected chi connectivity index (χ4v) is 2.19. The third kappa shape index (κ3) is 2.41. The van der Waals surface area contributed by atoms with Crippen LogP contribution in [0.5, 0.6) is 5.88 Å². The Hall–Kier alpha value is -2.95. The minimum absolute atomic E-state index is 0.172. The Morgan fingerprint density at radius 2 is 1.90 bits per heavy atom. The molecule has 0 spiro atoms. The molecule has 3 aromatic rings. The molecule has 0 unspecified atom stereocenters. The van der Waals surface area contributed by atoms with E-state index < -0.39 is 0 Å². The molecule has 0 aliphatic heterocycles. The molecule has 2 N–H and O–H groups in total. The summed E-state index contributed by atoms with van der Waals surface area (Å²) in [5, 5.41) is 10.1. The highest BCUT2D eigenvalue weighted by molar-refractivity contribution is 5.69. The van der Waals surface area contributed by atoms with Gasteiger partial charge >= 0.3 is 0 Å². The number of nitrogens with zero attached hydrogens (tertiary/aromatic N) is 2. The second kappa shape index (κ2) is 5.20. The standard InChI is InChI=1S/C16H13N3O2/c1-10-9-17-8-7-12(10)14-18-15(20)13(16(21)19-14)11-5-3-2-4-6-11/h2-9H,1H3,(H2,18,19,20,21). The lowest BCUT2D eigenvalue weighted by atomic mass is 10.1. The van der Waals surface area contributed by atoms with Crippen LogP contribution < -0.4 is 5.56 Å². The number of benzene rings is 1. The SMILES string of the molecule is Cc1cnccc1-c1nc(O)c(-c2ccccc2)c(=O)[nH]1. The smallest absolute Gasteiger partial charge is 0.262 e. The number of pyridine rings is 1. The maximum Gasteiger partial charge on any atom is 0.262 e. The van der Waals surface area contributed by atoms with Crippen LogP contribution in [0.3, 0.4) is 0 Å². The van der Waals surface area contributed by atoms with E-state index in [2.05, 4.69) is 15.0 Å². The van der Waals surface area contributed by atoms with Crippen molar-refractivity contribution in [2.75, 3.05) is 0 Å². The number of aromatic hydroxyl groups is 1. The average molecular weight is 279 g/mol. The number of hydrogen-bond acceptors (Lipinski definition) is 4. The van der Waals surface area contributed by atoms with Crippen molar-refractivity contribution < 1.29 is 5.11 Å². The third-order valence-electron chi connectivity index (χ3n) is 3.24. The molecular weight excluding hydrogens is 266 g/mol. The van der Waals surface area contributed by atoms with Crippen molar-refractivity contribution in [3.05, 3.63) is 64.7 Å². The van der Waals surface area contributed by atoms with E-state index >= 15 is 0 Å². The highest BCUT2D eigenvalue weighted by atomic mass is 16.3. The molecule has 0 aliphatic rings. The summed E-state index contributed by atoms with van der Waals surface area (Å²) in [6.45, 7) is 1.87. The van der Waals surface area contributed by atoms with Crippen molar-refractivity contribution in [1.82, 2.24) is 15.0 Å². The van der Waals surface area contributed by atoms with Crippen LogP contribution in [0.25, 0.3) is 22.5 Å². The van der Waals surface area contributed by atoms with Gasteiger partial charge in [0.2, 0.25) is 5.88 Å². The summed E-state index contributed by atoms with van der Waals surface area (Å²) < 4.78 is 0. The summed E-state index contributed by atoms with van der Waals surface area (Å²) in [4.78, 5) is 23.1. The van der Waals surface area contributed by atoms with Gasteiger partial charge in [0.15, 0.2) is 0 Å². The van der Waals surface area contributed by atoms with Crippen LogP contribution in [0, 0.1) is 6.92 Å². The molecule has 3 rings (SSSR count). The topological polar surface area (TPSA) is 78.9 Å². The summed E-state index contributed by atoms with van der Waals surface area (Å²) in [5.41, 5.74) is 2.03. The molecule has 21 heavy (non-hydrogen) atoms. The van der Waals surface area contributed by atoms with E-state index in [1.165, 1.54) is 0 Å². The minimum atomic E-state index is -0.375. The maximum atomic E-state index is 12.3. The van der Waals surface area contributed by atoms with Gasteiger partial charge in [-0.25, -0.2) is 0 Å². The number of aryl methyl sites for hydroxylation is 1. The van der Waals surface area contributed by atoms with Gasteiger partial charge in [-0.1, -0.05) is 30.3 Å². The predicted octanol–water partition coefficient (Wildman–Crippen LogP) is 2.51. The van der Waals surface area contributed by atoms with Gasteiger partial charge in [0.25, 0.3) is 5.56 Å². The van der Waals surface area contributed by atoms with Crippen molar-refractivity contribution in [3.63, 3.8) is 0 Å². The van der Waals surface area contributed by atoms with E-state index in [1.54, 1.807) is 42.7 Å². The molecule has 0 aliphatic carbocycles. The first-order valence-corrected chi connectivity index (χ1v) is 6.46. The van der Waals surface area contributed by atoms with Gasteiger partial charge in [-0.05, 0) is 24.1 Å². The fraction of sp³-hybridized carbons (Fsp3) is 0.0625. The van der Waals surface area contributed by atoms with Crippen LogP contribution in [0.4, 0.5) is 0 Å². The van der Waals surface area contributed by atoms with Crippen LogP contribution in [-0.2, 0) is 0 Å². The van der Waals surface area contributed by atoms with E-state index in [0.29, 0.717) is 11.4 Å². The lowest BCUT2D eigenvalue weighted by Gasteiger charge is -2.07. The highest BCUT2D eigenvalue weighted by Gasteiger charge is 2.14. The van der Waals surface area contributed by atoms with Crippen molar-refractivity contribution in [1.29, 1.82) is 0 Å². The third-order valence-corrected chi connectivity index (χ3v) is 3.24. The molecule has 0 saturated heterocycles. The van der Waals surface area contributed by atoms with Gasteiger partial charge in [-0.3, -0.25) is 9.78 Å². The second-order valence-electron chi connectivity index (χ2n) is 4.67. The number of aromatic nitrogens is 3. The quantitative estimate of drug-likeness (QED) is 0.755. The number of nitrogens with one attached hydrogen (secondary N) is 1. The lowest BCUT2D eigenvalue weighted by molar-refractivity contribution is 0.454. The number of H-pyrrole nitrogens is 1. The summed E-state index contributed by atoms with van der Waals surface area (Å²) >= 11 is 0. The molecule has 0 bridgehead atoms. The predicted molar refractivity (Wildman–Crippen MR) is 79.9 cm³/mol. The molecule has 104 valence electrons. The molecule has 5 nitrogen and oxygen atoms in total. The highest BCUT2D eigenvalue weighted by Crippen LogP contribution is 2.26. The zero-order valence-corrected chi connectivity index (χ0v) is 11.4. The molecule has 0 saturated carbocycles. The first-order valence-electron chi connectivity index (χ1n) is 6.46. The molecule has 1 aromatic carbocycles. The number of aromatic amines is 1. The van der Waals surface area contributed by atoms with Crippen LogP contribution in [-0.4, -0.2) is 20.1 Å². The van der Waals surface area contributed by atoms with Gasteiger partial charge < -0.3 is 10.1 Å². The average Bonchev–Trinajstić information content (AvgIpc) is 2.48. The van der Waals surface area contributed by atoms with Crippen molar-refractivity contribution in [3.8, 4) is 28.4 Å². The van der Waals surface area contributed by atoms with Gasteiger partial charge in [0.1, 0.15) is 11.4 Å². The van der Waals surface area contributed by atoms with Gasteiger partial charge in [0.05, 0.1) is 0 Å². The molecule has 0 amide bonds. The Morgan fingerprint density at radius 3 is 2.57 bits per heavy atom. The summed E-state index contributed by atoms with van der Waals surface area (Å²) in [6, 6.07) is 10.7. The Labute approximate surface area is 121 Å². The summed E-state index contributed by atoms with van der Waals surface area (Å²) in [6.07, 6.45) is 3.29. The van der Waals surface area contributed by atoms with Crippen molar-refractivity contribution in [2.24, 2.45) is 0 Å². The molecule has 0 atom stereocenters. The largest absolute Gasteiger partial charge is 0.493 e. The summed E-state index contributed by atoms with van der Waals surface area (Å²) in [5.74, 6) is 0.0493. The molecular formula is C16H13N3O2. The zero-order chi connectivity index (χ0) is 14.8. The van der Waals surface area contributed by atoms with Gasteiger partial charge in [-0.15, -0.1) is 0 Å². The molecule has 5 heteroatoms. The Balaban J connectivity index is 2.18. The van der Waals surface area contributed by atoms with E-state index in [4.69, 9.17) is 0 Å². The molecule has 0 radical (unpaired) electrons. The first kappa shape index (κ1) is 13.1. The lowest BCUT2D eigenvalue weighted by Crippen LogP contribution is -2.12. The van der Waals surface area contributed by atoms with E-state index in [1.807, 2.05) is 13.0 Å². The monoisotopic (exact) mass is 279 g/mol. The van der Waals surface area contributed by atoms with Gasteiger partial charge in [0, 0.05) is 18.0 Å². The van der Waals surface area contributed by atoms with E-state index in [0.717, 1.165) is 11.1 Å². The summed E-state index contributed by atoms with van der Waals surface area (Å²) in [7, 11) is 0. The van der Waals surface area contributed by atoms with Crippen LogP contribution in [0.15, 0.2) is 53.6 Å². The first-order chi connectivity index (χ1) is 10.2. The van der Waals surface area contributed by atoms with Crippen LogP contribution in [0.1, 0.15) is 5.56 Å². The molecule has 2 heterocycles. The van der Waals surface area contributed by atoms with Crippen molar-refractivity contribution >= 4 is 0 Å². The normalized spacial score (nSPS) is 10.5. The van der Waals surface area contributed by atoms with E-state index in [9.17, 15) is 9.90 Å². The van der Waals surface area contributed by atoms with Crippen LogP contribution in [0.2, 0.25) is 0 Å². The van der Waals surface area contributed by atoms with Gasteiger partial charge in [-0.2, -0.15) is 4.98 Å². The van der Waals surface area contributed by atoms with E-state index in [-0.39, 0.29) is 17.0 Å². The molecule has 0 fully saturated rings. The molecule has 2 aromatic heterocycles. The fourth-order valence-electron chi connectivity index (χ4n) is 2.19.